The van der Waals surface area contributed by atoms with Crippen molar-refractivity contribution in [1.29, 1.82) is 0 Å². The second-order valence-electron chi connectivity index (χ2n) is 5.98. The summed E-state index contributed by atoms with van der Waals surface area (Å²) in [6.45, 7) is 4.53. The van der Waals surface area contributed by atoms with E-state index in [0.717, 1.165) is 39.6 Å². The molecule has 0 fully saturated rings. The zero-order valence-corrected chi connectivity index (χ0v) is 14.7. The van der Waals surface area contributed by atoms with Gasteiger partial charge in [-0.25, -0.2) is 4.79 Å². The minimum atomic E-state index is -0.323. The largest absolute Gasteiger partial charge is 0.462 e. The first kappa shape index (κ1) is 16.7. The van der Waals surface area contributed by atoms with Crippen LogP contribution in [0.4, 0.5) is 0 Å². The Bertz CT molecular complexity index is 956. The SMILES string of the molecule is CCCCCOC(=O)c1ccc2c(=O)c3cc(C)ccc3sc2c1. The van der Waals surface area contributed by atoms with Gasteiger partial charge in [0.2, 0.25) is 0 Å². The van der Waals surface area contributed by atoms with Crippen molar-refractivity contribution >= 4 is 37.5 Å². The molecule has 0 aliphatic rings. The minimum Gasteiger partial charge on any atom is -0.462 e. The van der Waals surface area contributed by atoms with E-state index in [-0.39, 0.29) is 11.4 Å². The fourth-order valence-electron chi connectivity index (χ4n) is 2.70. The number of carbonyl (C=O) groups is 1. The Morgan fingerprint density at radius 1 is 1.04 bits per heavy atom. The van der Waals surface area contributed by atoms with Gasteiger partial charge in [0.1, 0.15) is 0 Å². The highest BCUT2D eigenvalue weighted by Gasteiger charge is 2.11. The number of fused-ring (bicyclic) bond motifs is 2. The molecule has 2 aromatic carbocycles. The highest BCUT2D eigenvalue weighted by Crippen LogP contribution is 2.26. The Morgan fingerprint density at radius 3 is 2.67 bits per heavy atom. The van der Waals surface area contributed by atoms with Gasteiger partial charge < -0.3 is 4.74 Å². The van der Waals surface area contributed by atoms with Gasteiger partial charge in [0.05, 0.1) is 12.2 Å². The summed E-state index contributed by atoms with van der Waals surface area (Å²) < 4.78 is 7.06. The van der Waals surface area contributed by atoms with Gasteiger partial charge in [0, 0.05) is 20.2 Å². The lowest BCUT2D eigenvalue weighted by atomic mass is 10.1. The maximum absolute atomic E-state index is 12.7. The molecule has 0 spiro atoms. The molecule has 0 aliphatic heterocycles. The molecule has 0 aliphatic carbocycles. The monoisotopic (exact) mass is 340 g/mol. The van der Waals surface area contributed by atoms with Crippen molar-refractivity contribution in [3.05, 3.63) is 57.7 Å². The second kappa shape index (κ2) is 7.14. The standard InChI is InChI=1S/C20H20O3S/c1-3-4-5-10-23-20(22)14-7-8-15-18(12-14)24-17-9-6-13(2)11-16(17)19(15)21/h6-9,11-12H,3-5,10H2,1-2H3. The normalized spacial score (nSPS) is 11.1. The summed E-state index contributed by atoms with van der Waals surface area (Å²) in [5, 5.41) is 1.39. The summed E-state index contributed by atoms with van der Waals surface area (Å²) in [6.07, 6.45) is 3.03. The number of rotatable bonds is 5. The van der Waals surface area contributed by atoms with E-state index in [2.05, 4.69) is 6.92 Å². The van der Waals surface area contributed by atoms with E-state index < -0.39 is 0 Å². The molecule has 3 rings (SSSR count). The zero-order valence-electron chi connectivity index (χ0n) is 13.9. The van der Waals surface area contributed by atoms with Gasteiger partial charge in [-0.2, -0.15) is 0 Å². The van der Waals surface area contributed by atoms with Crippen LogP contribution in [0.2, 0.25) is 0 Å². The van der Waals surface area contributed by atoms with Crippen LogP contribution in [0.5, 0.6) is 0 Å². The van der Waals surface area contributed by atoms with Crippen LogP contribution in [0.3, 0.4) is 0 Å². The maximum atomic E-state index is 12.7. The lowest BCUT2D eigenvalue weighted by Crippen LogP contribution is -2.07. The van der Waals surface area contributed by atoms with Gasteiger partial charge in [0.25, 0.3) is 0 Å². The topological polar surface area (TPSA) is 43.4 Å². The lowest BCUT2D eigenvalue weighted by molar-refractivity contribution is 0.0498. The highest BCUT2D eigenvalue weighted by molar-refractivity contribution is 7.24. The molecule has 3 aromatic rings. The molecule has 1 heterocycles. The van der Waals surface area contributed by atoms with Gasteiger partial charge >= 0.3 is 5.97 Å². The maximum Gasteiger partial charge on any atom is 0.338 e. The number of hydrogen-bond acceptors (Lipinski definition) is 4. The summed E-state index contributed by atoms with van der Waals surface area (Å²) in [5.41, 5.74) is 1.59. The van der Waals surface area contributed by atoms with Gasteiger partial charge in [-0.1, -0.05) is 31.4 Å². The highest BCUT2D eigenvalue weighted by atomic mass is 32.1. The smallest absolute Gasteiger partial charge is 0.338 e. The quantitative estimate of drug-likeness (QED) is 0.370. The number of aryl methyl sites for hydroxylation is 1. The Morgan fingerprint density at radius 2 is 1.88 bits per heavy atom. The van der Waals surface area contributed by atoms with E-state index in [1.165, 1.54) is 11.3 Å². The van der Waals surface area contributed by atoms with Crippen LogP contribution in [-0.2, 0) is 4.74 Å². The first-order valence-corrected chi connectivity index (χ1v) is 9.06. The van der Waals surface area contributed by atoms with Crippen molar-refractivity contribution in [1.82, 2.24) is 0 Å². The van der Waals surface area contributed by atoms with Crippen LogP contribution in [0.25, 0.3) is 20.2 Å². The van der Waals surface area contributed by atoms with E-state index in [1.807, 2.05) is 25.1 Å². The average Bonchev–Trinajstić information content (AvgIpc) is 2.59. The molecule has 0 radical (unpaired) electrons. The lowest BCUT2D eigenvalue weighted by Gasteiger charge is -2.06. The van der Waals surface area contributed by atoms with Crippen LogP contribution in [0.15, 0.2) is 41.2 Å². The molecular weight excluding hydrogens is 320 g/mol. The summed E-state index contributed by atoms with van der Waals surface area (Å²) in [7, 11) is 0. The molecule has 0 atom stereocenters. The first-order valence-electron chi connectivity index (χ1n) is 8.24. The van der Waals surface area contributed by atoms with E-state index in [0.29, 0.717) is 17.6 Å². The molecule has 0 saturated carbocycles. The average molecular weight is 340 g/mol. The van der Waals surface area contributed by atoms with Gasteiger partial charge in [-0.3, -0.25) is 4.79 Å². The molecule has 0 saturated heterocycles. The van der Waals surface area contributed by atoms with E-state index in [1.54, 1.807) is 18.2 Å². The third kappa shape index (κ3) is 3.34. The molecule has 0 N–H and O–H groups in total. The van der Waals surface area contributed by atoms with Gasteiger partial charge in [-0.05, 0) is 43.7 Å². The third-order valence-electron chi connectivity index (χ3n) is 4.04. The Balaban J connectivity index is 1.96. The predicted octanol–water partition coefficient (Wildman–Crippen LogP) is 5.07. The van der Waals surface area contributed by atoms with Crippen molar-refractivity contribution in [2.24, 2.45) is 0 Å². The molecule has 0 unspecified atom stereocenters. The van der Waals surface area contributed by atoms with Crippen molar-refractivity contribution < 1.29 is 9.53 Å². The number of esters is 1. The molecular formula is C20H20O3S. The molecule has 0 bridgehead atoms. The van der Waals surface area contributed by atoms with E-state index >= 15 is 0 Å². The number of ether oxygens (including phenoxy) is 1. The van der Waals surface area contributed by atoms with Gasteiger partial charge in [-0.15, -0.1) is 11.3 Å². The Kier molecular flexibility index (Phi) is 4.95. The number of carbonyl (C=O) groups excluding carboxylic acids is 1. The van der Waals surface area contributed by atoms with Gasteiger partial charge in [0.15, 0.2) is 5.43 Å². The Hall–Kier alpha value is -2.20. The molecule has 4 heteroatoms. The number of benzene rings is 2. The molecule has 0 amide bonds. The summed E-state index contributed by atoms with van der Waals surface area (Å²) in [5.74, 6) is -0.323. The van der Waals surface area contributed by atoms with E-state index in [9.17, 15) is 9.59 Å². The minimum absolute atomic E-state index is 0.0188. The zero-order chi connectivity index (χ0) is 17.1. The van der Waals surface area contributed by atoms with Crippen molar-refractivity contribution in [2.45, 2.75) is 33.1 Å². The van der Waals surface area contributed by atoms with E-state index in [4.69, 9.17) is 4.74 Å². The van der Waals surface area contributed by atoms with Crippen LogP contribution >= 0.6 is 11.3 Å². The Labute approximate surface area is 144 Å². The fraction of sp³-hybridized carbons (Fsp3) is 0.300. The van der Waals surface area contributed by atoms with Crippen molar-refractivity contribution in [3.63, 3.8) is 0 Å². The third-order valence-corrected chi connectivity index (χ3v) is 5.18. The summed E-state index contributed by atoms with van der Waals surface area (Å²) in [4.78, 5) is 24.8. The molecule has 3 nitrogen and oxygen atoms in total. The van der Waals surface area contributed by atoms with Crippen LogP contribution in [-0.4, -0.2) is 12.6 Å². The molecule has 124 valence electrons. The van der Waals surface area contributed by atoms with Crippen molar-refractivity contribution in [3.8, 4) is 0 Å². The summed E-state index contributed by atoms with van der Waals surface area (Å²) >= 11 is 1.53. The molecule has 24 heavy (non-hydrogen) atoms. The fourth-order valence-corrected chi connectivity index (χ4v) is 3.79. The molecule has 1 aromatic heterocycles. The predicted molar refractivity (Wildman–Crippen MR) is 100 cm³/mol. The second-order valence-corrected chi connectivity index (χ2v) is 7.07. The summed E-state index contributed by atoms with van der Waals surface area (Å²) in [6, 6.07) is 11.1. The van der Waals surface area contributed by atoms with Crippen molar-refractivity contribution in [2.75, 3.05) is 6.61 Å². The number of unbranched alkanes of at least 4 members (excludes halogenated alkanes) is 2. The van der Waals surface area contributed by atoms with Crippen LogP contribution < -0.4 is 5.43 Å². The van der Waals surface area contributed by atoms with Crippen LogP contribution in [0, 0.1) is 6.92 Å². The first-order chi connectivity index (χ1) is 11.6. The van der Waals surface area contributed by atoms with Crippen LogP contribution in [0.1, 0.15) is 42.1 Å². The number of hydrogen-bond donors (Lipinski definition) is 0.